The molecule has 1 N–H and O–H groups in total. The van der Waals surface area contributed by atoms with E-state index in [2.05, 4.69) is 4.98 Å². The molecular formula is C17H13NO5S. The lowest BCUT2D eigenvalue weighted by molar-refractivity contribution is 0.0696. The van der Waals surface area contributed by atoms with Crippen LogP contribution >= 0.6 is 0 Å². The maximum absolute atomic E-state index is 12.5. The zero-order valence-electron chi connectivity index (χ0n) is 12.4. The Kier molecular flexibility index (Phi) is 4.18. The summed E-state index contributed by atoms with van der Waals surface area (Å²) >= 11 is 0. The molecule has 1 heterocycles. The van der Waals surface area contributed by atoms with E-state index in [-0.39, 0.29) is 16.0 Å². The number of carboxylic acid groups (broad SMARTS) is 1. The van der Waals surface area contributed by atoms with Crippen LogP contribution in [0, 0.1) is 0 Å². The molecular weight excluding hydrogens is 330 g/mol. The SMILES string of the molecule is O=C(O)c1cc(-c2cnco2)ccc1CS(=O)(=O)c1ccccc1. The van der Waals surface area contributed by atoms with Gasteiger partial charge in [-0.05, 0) is 23.8 Å². The second-order valence-electron chi connectivity index (χ2n) is 5.11. The quantitative estimate of drug-likeness (QED) is 0.765. The van der Waals surface area contributed by atoms with Crippen molar-refractivity contribution in [3.63, 3.8) is 0 Å². The van der Waals surface area contributed by atoms with Crippen molar-refractivity contribution in [3.05, 3.63) is 72.2 Å². The predicted molar refractivity (Wildman–Crippen MR) is 86.2 cm³/mol. The van der Waals surface area contributed by atoms with Gasteiger partial charge in [0.25, 0.3) is 0 Å². The predicted octanol–water partition coefficient (Wildman–Crippen LogP) is 3.01. The molecule has 2 aromatic carbocycles. The smallest absolute Gasteiger partial charge is 0.336 e. The van der Waals surface area contributed by atoms with Gasteiger partial charge in [-0.1, -0.05) is 30.3 Å². The minimum Gasteiger partial charge on any atom is -0.478 e. The largest absolute Gasteiger partial charge is 0.478 e. The minimum absolute atomic E-state index is 0.0802. The van der Waals surface area contributed by atoms with Gasteiger partial charge in [-0.2, -0.15) is 0 Å². The summed E-state index contributed by atoms with van der Waals surface area (Å²) in [6, 6.07) is 12.4. The second-order valence-corrected chi connectivity index (χ2v) is 7.10. The number of aromatic carboxylic acids is 1. The van der Waals surface area contributed by atoms with Crippen LogP contribution in [0.15, 0.2) is 70.4 Å². The third-order valence-corrected chi connectivity index (χ3v) is 5.19. The van der Waals surface area contributed by atoms with Gasteiger partial charge in [0.2, 0.25) is 0 Å². The van der Waals surface area contributed by atoms with Gasteiger partial charge in [0.05, 0.1) is 22.4 Å². The summed E-state index contributed by atoms with van der Waals surface area (Å²) in [4.78, 5) is 15.5. The fourth-order valence-electron chi connectivity index (χ4n) is 2.33. The third kappa shape index (κ3) is 3.21. The molecule has 0 fully saturated rings. The second kappa shape index (κ2) is 6.29. The Bertz CT molecular complexity index is 963. The van der Waals surface area contributed by atoms with Crippen LogP contribution in [0.2, 0.25) is 0 Å². The number of nitrogens with zero attached hydrogens (tertiary/aromatic N) is 1. The van der Waals surface area contributed by atoms with Gasteiger partial charge in [0, 0.05) is 5.56 Å². The topological polar surface area (TPSA) is 97.5 Å². The van der Waals surface area contributed by atoms with E-state index in [1.165, 1.54) is 36.9 Å². The maximum atomic E-state index is 12.5. The first-order valence-corrected chi connectivity index (χ1v) is 8.65. The Morgan fingerprint density at radius 2 is 1.88 bits per heavy atom. The molecule has 7 heteroatoms. The van der Waals surface area contributed by atoms with Crippen LogP contribution in [-0.4, -0.2) is 24.5 Å². The average molecular weight is 343 g/mol. The Hall–Kier alpha value is -2.93. The van der Waals surface area contributed by atoms with Gasteiger partial charge in [-0.25, -0.2) is 18.2 Å². The number of sulfone groups is 1. The lowest BCUT2D eigenvalue weighted by Crippen LogP contribution is -2.10. The van der Waals surface area contributed by atoms with Crippen molar-refractivity contribution in [1.29, 1.82) is 0 Å². The molecule has 6 nitrogen and oxygen atoms in total. The molecule has 0 spiro atoms. The maximum Gasteiger partial charge on any atom is 0.336 e. The highest BCUT2D eigenvalue weighted by atomic mass is 32.2. The summed E-state index contributed by atoms with van der Waals surface area (Å²) < 4.78 is 30.1. The first kappa shape index (κ1) is 15.9. The first-order valence-electron chi connectivity index (χ1n) is 7.00. The van der Waals surface area contributed by atoms with E-state index in [1.54, 1.807) is 24.3 Å². The normalized spacial score (nSPS) is 11.3. The summed E-state index contributed by atoms with van der Waals surface area (Å²) in [7, 11) is -3.64. The molecule has 3 rings (SSSR count). The van der Waals surface area contributed by atoms with Gasteiger partial charge in [-0.3, -0.25) is 0 Å². The number of hydrogen-bond donors (Lipinski definition) is 1. The fraction of sp³-hybridized carbons (Fsp3) is 0.0588. The number of carboxylic acids is 1. The summed E-state index contributed by atoms with van der Waals surface area (Å²) in [6.07, 6.45) is 2.70. The standard InChI is InChI=1S/C17H13NO5S/c19-17(20)15-8-12(16-9-18-11-23-16)6-7-13(15)10-24(21,22)14-4-2-1-3-5-14/h1-9,11H,10H2,(H,19,20). The summed E-state index contributed by atoms with van der Waals surface area (Å²) in [5.74, 6) is -1.18. The molecule has 0 amide bonds. The number of rotatable bonds is 5. The Balaban J connectivity index is 2.01. The van der Waals surface area contributed by atoms with Crippen molar-refractivity contribution in [2.45, 2.75) is 10.6 Å². The van der Waals surface area contributed by atoms with Gasteiger partial charge < -0.3 is 9.52 Å². The molecule has 0 bridgehead atoms. The number of carbonyl (C=O) groups is 1. The Morgan fingerprint density at radius 1 is 1.12 bits per heavy atom. The number of aromatic nitrogens is 1. The molecule has 24 heavy (non-hydrogen) atoms. The molecule has 0 saturated carbocycles. The van der Waals surface area contributed by atoms with Crippen LogP contribution in [0.4, 0.5) is 0 Å². The molecule has 0 atom stereocenters. The van der Waals surface area contributed by atoms with E-state index in [4.69, 9.17) is 4.42 Å². The van der Waals surface area contributed by atoms with Crippen molar-refractivity contribution in [2.75, 3.05) is 0 Å². The van der Waals surface area contributed by atoms with E-state index in [0.29, 0.717) is 11.3 Å². The van der Waals surface area contributed by atoms with E-state index in [1.807, 2.05) is 0 Å². The van der Waals surface area contributed by atoms with E-state index >= 15 is 0 Å². The molecule has 0 unspecified atom stereocenters. The molecule has 3 aromatic rings. The monoisotopic (exact) mass is 343 g/mol. The van der Waals surface area contributed by atoms with Crippen LogP contribution in [0.3, 0.4) is 0 Å². The van der Waals surface area contributed by atoms with Crippen molar-refractivity contribution < 1.29 is 22.7 Å². The summed E-state index contributed by atoms with van der Waals surface area (Å²) in [6.45, 7) is 0. The van der Waals surface area contributed by atoms with Gasteiger partial charge in [0.1, 0.15) is 0 Å². The highest BCUT2D eigenvalue weighted by molar-refractivity contribution is 7.90. The van der Waals surface area contributed by atoms with Gasteiger partial charge in [-0.15, -0.1) is 0 Å². The lowest BCUT2D eigenvalue weighted by atomic mass is 10.0. The number of hydrogen-bond acceptors (Lipinski definition) is 5. The highest BCUT2D eigenvalue weighted by Gasteiger charge is 2.20. The van der Waals surface area contributed by atoms with Crippen LogP contribution in [0.25, 0.3) is 11.3 Å². The van der Waals surface area contributed by atoms with Crippen molar-refractivity contribution in [1.82, 2.24) is 4.98 Å². The van der Waals surface area contributed by atoms with E-state index in [0.717, 1.165) is 0 Å². The van der Waals surface area contributed by atoms with Crippen molar-refractivity contribution in [3.8, 4) is 11.3 Å². The lowest BCUT2D eigenvalue weighted by Gasteiger charge is -2.09. The van der Waals surface area contributed by atoms with Crippen LogP contribution in [0.1, 0.15) is 15.9 Å². The zero-order valence-corrected chi connectivity index (χ0v) is 13.2. The third-order valence-electron chi connectivity index (χ3n) is 3.50. The molecule has 0 aliphatic carbocycles. The van der Waals surface area contributed by atoms with Crippen LogP contribution in [-0.2, 0) is 15.6 Å². The van der Waals surface area contributed by atoms with Gasteiger partial charge >= 0.3 is 5.97 Å². The van der Waals surface area contributed by atoms with Crippen molar-refractivity contribution in [2.24, 2.45) is 0 Å². The van der Waals surface area contributed by atoms with Crippen molar-refractivity contribution >= 4 is 15.8 Å². The molecule has 1 aromatic heterocycles. The Morgan fingerprint density at radius 3 is 2.50 bits per heavy atom. The first-order chi connectivity index (χ1) is 11.5. The summed E-state index contributed by atoms with van der Waals surface area (Å²) in [5, 5.41) is 9.41. The average Bonchev–Trinajstić information content (AvgIpc) is 3.10. The Labute approximate surface area is 138 Å². The zero-order chi connectivity index (χ0) is 17.2. The molecule has 122 valence electrons. The fourth-order valence-corrected chi connectivity index (χ4v) is 3.73. The van der Waals surface area contributed by atoms with Gasteiger partial charge in [0.15, 0.2) is 22.0 Å². The van der Waals surface area contributed by atoms with Crippen LogP contribution in [0.5, 0.6) is 0 Å². The number of oxazole rings is 1. The number of benzene rings is 2. The van der Waals surface area contributed by atoms with E-state index in [9.17, 15) is 18.3 Å². The van der Waals surface area contributed by atoms with E-state index < -0.39 is 21.6 Å². The molecule has 0 saturated heterocycles. The highest BCUT2D eigenvalue weighted by Crippen LogP contribution is 2.25. The molecule has 0 radical (unpaired) electrons. The summed E-state index contributed by atoms with van der Waals surface area (Å²) in [5.41, 5.74) is 0.656. The molecule has 0 aliphatic rings. The molecule has 0 aliphatic heterocycles. The minimum atomic E-state index is -3.64. The van der Waals surface area contributed by atoms with Crippen LogP contribution < -0.4 is 0 Å².